The second-order valence-electron chi connectivity index (χ2n) is 3.68. The molecule has 1 aliphatic rings. The van der Waals surface area contributed by atoms with Crippen molar-refractivity contribution in [3.8, 4) is 0 Å². The Bertz CT molecular complexity index is 279. The van der Waals surface area contributed by atoms with Gasteiger partial charge in [0.1, 0.15) is 0 Å². The second-order valence-corrected chi connectivity index (χ2v) is 5.72. The minimum absolute atomic E-state index is 0.0466. The van der Waals surface area contributed by atoms with Gasteiger partial charge >= 0.3 is 0 Å². The van der Waals surface area contributed by atoms with Crippen LogP contribution in [-0.2, 0) is 14.8 Å². The van der Waals surface area contributed by atoms with Crippen molar-refractivity contribution >= 4 is 10.0 Å². The maximum absolute atomic E-state index is 11.9. The van der Waals surface area contributed by atoms with Crippen LogP contribution >= 0.6 is 0 Å². The molecular formula is C9H20N2O3S. The summed E-state index contributed by atoms with van der Waals surface area (Å²) >= 11 is 0. The molecule has 1 saturated heterocycles. The molecule has 0 unspecified atom stereocenters. The van der Waals surface area contributed by atoms with E-state index in [1.807, 2.05) is 13.8 Å². The molecule has 1 fully saturated rings. The van der Waals surface area contributed by atoms with Crippen molar-refractivity contribution in [1.82, 2.24) is 9.62 Å². The minimum atomic E-state index is -3.14. The van der Waals surface area contributed by atoms with Gasteiger partial charge < -0.3 is 10.1 Å². The summed E-state index contributed by atoms with van der Waals surface area (Å²) in [6, 6.07) is 0.0466. The Hall–Kier alpha value is -0.170. The van der Waals surface area contributed by atoms with Gasteiger partial charge in [-0.3, -0.25) is 0 Å². The van der Waals surface area contributed by atoms with E-state index in [0.29, 0.717) is 13.2 Å². The molecule has 0 radical (unpaired) electrons. The lowest BCUT2D eigenvalue weighted by Crippen LogP contribution is -2.53. The van der Waals surface area contributed by atoms with Gasteiger partial charge in [0.05, 0.1) is 12.4 Å². The molecule has 6 heteroatoms. The second kappa shape index (κ2) is 5.79. The predicted molar refractivity (Wildman–Crippen MR) is 59.3 cm³/mol. The number of piperazine rings is 1. The summed E-state index contributed by atoms with van der Waals surface area (Å²) in [5.74, 6) is 0.0885. The lowest BCUT2D eigenvalue weighted by molar-refractivity contribution is 0.161. The molecule has 1 rings (SSSR count). The van der Waals surface area contributed by atoms with E-state index in [4.69, 9.17) is 4.74 Å². The van der Waals surface area contributed by atoms with Crippen LogP contribution in [0.15, 0.2) is 0 Å². The highest BCUT2D eigenvalue weighted by Crippen LogP contribution is 2.09. The average Bonchev–Trinajstić information content (AvgIpc) is 2.18. The van der Waals surface area contributed by atoms with E-state index >= 15 is 0 Å². The Morgan fingerprint density at radius 2 is 2.27 bits per heavy atom. The number of hydrogen-bond acceptors (Lipinski definition) is 4. The Kier molecular flexibility index (Phi) is 4.98. The van der Waals surface area contributed by atoms with Gasteiger partial charge in [0.25, 0.3) is 0 Å². The molecule has 5 nitrogen and oxygen atoms in total. The maximum Gasteiger partial charge on any atom is 0.216 e. The summed E-state index contributed by atoms with van der Waals surface area (Å²) in [7, 11) is -3.14. The Morgan fingerprint density at radius 3 is 2.87 bits per heavy atom. The van der Waals surface area contributed by atoms with E-state index in [0.717, 1.165) is 13.1 Å². The van der Waals surface area contributed by atoms with Crippen molar-refractivity contribution in [3.63, 3.8) is 0 Å². The van der Waals surface area contributed by atoms with Crippen molar-refractivity contribution in [2.24, 2.45) is 0 Å². The van der Waals surface area contributed by atoms with Crippen molar-refractivity contribution in [1.29, 1.82) is 0 Å². The lowest BCUT2D eigenvalue weighted by Gasteiger charge is -2.32. The molecule has 0 aromatic carbocycles. The van der Waals surface area contributed by atoms with Crippen molar-refractivity contribution < 1.29 is 13.2 Å². The zero-order valence-electron chi connectivity index (χ0n) is 9.40. The Morgan fingerprint density at radius 1 is 1.53 bits per heavy atom. The third-order valence-corrected chi connectivity index (χ3v) is 4.43. The fraction of sp³-hybridized carbons (Fsp3) is 1.00. The monoisotopic (exact) mass is 236 g/mol. The topological polar surface area (TPSA) is 58.6 Å². The van der Waals surface area contributed by atoms with E-state index in [9.17, 15) is 8.42 Å². The SMILES string of the molecule is CCOCCS(=O)(=O)N1CCNC[C@@H]1C. The molecule has 1 N–H and O–H groups in total. The summed E-state index contributed by atoms with van der Waals surface area (Å²) in [5, 5.41) is 3.17. The average molecular weight is 236 g/mol. The summed E-state index contributed by atoms with van der Waals surface area (Å²) in [4.78, 5) is 0. The normalized spacial score (nSPS) is 24.3. The molecule has 0 bridgehead atoms. The molecule has 1 atom stereocenters. The van der Waals surface area contributed by atoms with Crippen LogP contribution in [0, 0.1) is 0 Å². The van der Waals surface area contributed by atoms with Crippen LogP contribution in [-0.4, -0.2) is 57.4 Å². The van der Waals surface area contributed by atoms with Gasteiger partial charge in [0, 0.05) is 32.3 Å². The van der Waals surface area contributed by atoms with Crippen LogP contribution in [0.25, 0.3) is 0 Å². The quantitative estimate of drug-likeness (QED) is 0.663. The summed E-state index contributed by atoms with van der Waals surface area (Å²) in [6.45, 7) is 6.66. The summed E-state index contributed by atoms with van der Waals surface area (Å²) in [6.07, 6.45) is 0. The van der Waals surface area contributed by atoms with Crippen molar-refractivity contribution in [2.45, 2.75) is 19.9 Å². The van der Waals surface area contributed by atoms with Crippen LogP contribution in [0.3, 0.4) is 0 Å². The number of nitrogens with one attached hydrogen (secondary N) is 1. The van der Waals surface area contributed by atoms with Crippen molar-refractivity contribution in [3.05, 3.63) is 0 Å². The zero-order chi connectivity index (χ0) is 11.3. The first-order chi connectivity index (χ1) is 7.08. The van der Waals surface area contributed by atoms with E-state index in [-0.39, 0.29) is 18.4 Å². The van der Waals surface area contributed by atoms with Crippen LogP contribution in [0.5, 0.6) is 0 Å². The molecule has 0 spiro atoms. The van der Waals surface area contributed by atoms with Crippen LogP contribution < -0.4 is 5.32 Å². The van der Waals surface area contributed by atoms with Gasteiger partial charge in [-0.15, -0.1) is 0 Å². The molecule has 90 valence electrons. The number of nitrogens with zero attached hydrogens (tertiary/aromatic N) is 1. The smallest absolute Gasteiger partial charge is 0.216 e. The molecule has 1 heterocycles. The Balaban J connectivity index is 2.51. The van der Waals surface area contributed by atoms with E-state index in [1.165, 1.54) is 0 Å². The van der Waals surface area contributed by atoms with Crippen LogP contribution in [0.1, 0.15) is 13.8 Å². The van der Waals surface area contributed by atoms with Gasteiger partial charge in [0.2, 0.25) is 10.0 Å². The maximum atomic E-state index is 11.9. The highest BCUT2D eigenvalue weighted by atomic mass is 32.2. The fourth-order valence-electron chi connectivity index (χ4n) is 1.66. The third kappa shape index (κ3) is 3.71. The first-order valence-corrected chi connectivity index (χ1v) is 6.97. The summed E-state index contributed by atoms with van der Waals surface area (Å²) in [5.41, 5.74) is 0. The van der Waals surface area contributed by atoms with Gasteiger partial charge in [-0.1, -0.05) is 0 Å². The molecule has 0 saturated carbocycles. The van der Waals surface area contributed by atoms with Gasteiger partial charge in [-0.05, 0) is 13.8 Å². The van der Waals surface area contributed by atoms with E-state index < -0.39 is 10.0 Å². The molecule has 15 heavy (non-hydrogen) atoms. The van der Waals surface area contributed by atoms with Crippen LogP contribution in [0.4, 0.5) is 0 Å². The lowest BCUT2D eigenvalue weighted by atomic mass is 10.3. The number of ether oxygens (including phenoxy) is 1. The van der Waals surface area contributed by atoms with E-state index in [2.05, 4.69) is 5.32 Å². The third-order valence-electron chi connectivity index (χ3n) is 2.49. The van der Waals surface area contributed by atoms with Gasteiger partial charge in [-0.25, -0.2) is 8.42 Å². The van der Waals surface area contributed by atoms with Crippen LogP contribution in [0.2, 0.25) is 0 Å². The van der Waals surface area contributed by atoms with Gasteiger partial charge in [0.15, 0.2) is 0 Å². The van der Waals surface area contributed by atoms with Gasteiger partial charge in [-0.2, -0.15) is 4.31 Å². The molecule has 0 aromatic rings. The highest BCUT2D eigenvalue weighted by molar-refractivity contribution is 7.89. The molecule has 0 amide bonds. The number of hydrogen-bond donors (Lipinski definition) is 1. The van der Waals surface area contributed by atoms with Crippen molar-refractivity contribution in [2.75, 3.05) is 38.6 Å². The standard InChI is InChI=1S/C9H20N2O3S/c1-3-14-6-7-15(12,13)11-5-4-10-8-9(11)2/h9-10H,3-8H2,1-2H3/t9-/m0/s1. The highest BCUT2D eigenvalue weighted by Gasteiger charge is 2.28. The first kappa shape index (κ1) is 12.9. The number of rotatable bonds is 5. The molecular weight excluding hydrogens is 216 g/mol. The largest absolute Gasteiger partial charge is 0.381 e. The predicted octanol–water partition coefficient (Wildman–Crippen LogP) is -0.354. The molecule has 1 aliphatic heterocycles. The first-order valence-electron chi connectivity index (χ1n) is 5.36. The summed E-state index contributed by atoms with van der Waals surface area (Å²) < 4.78 is 30.4. The zero-order valence-corrected chi connectivity index (χ0v) is 10.2. The minimum Gasteiger partial charge on any atom is -0.381 e. The fourth-order valence-corrected chi connectivity index (χ4v) is 3.22. The van der Waals surface area contributed by atoms with E-state index in [1.54, 1.807) is 4.31 Å². The Labute approximate surface area is 91.8 Å². The molecule has 0 aromatic heterocycles. The molecule has 0 aliphatic carbocycles. The number of sulfonamides is 1.